The third-order valence-corrected chi connectivity index (χ3v) is 0.727. The van der Waals surface area contributed by atoms with E-state index in [1.807, 2.05) is 0 Å². The fourth-order valence-corrected chi connectivity index (χ4v) is 0.439. The highest BCUT2D eigenvalue weighted by atomic mass is 18.2. The zero-order valence-corrected chi connectivity index (χ0v) is 4.27. The van der Waals surface area contributed by atoms with Crippen LogP contribution in [0.3, 0.4) is 0 Å². The van der Waals surface area contributed by atoms with Crippen LogP contribution in [0, 0.1) is 5.95 Å². The molecule has 0 saturated carbocycles. The molecule has 0 radical (unpaired) electrons. The van der Waals surface area contributed by atoms with E-state index in [0.29, 0.717) is 6.07 Å². The smallest absolute Gasteiger partial charge is 0.284 e. The van der Waals surface area contributed by atoms with Crippen molar-refractivity contribution in [3.8, 4) is 0 Å². The maximum atomic E-state index is 12.0. The molecule has 0 aromatic carbocycles. The number of aromatic amines is 2. The number of halogens is 1. The standard InChI is InChI=1S/C4H3FN2O2/c5-2-1-3(8)7-4(9)6-2/h1H,(H2,6,7,8,9)/i5-1. The molecule has 1 aromatic rings. The van der Waals surface area contributed by atoms with Gasteiger partial charge < -0.3 is 0 Å². The quantitative estimate of drug-likeness (QED) is 0.450. The predicted molar refractivity (Wildman–Crippen MR) is 27.6 cm³/mol. The highest BCUT2D eigenvalue weighted by Crippen LogP contribution is 1.74. The molecule has 0 aliphatic rings. The van der Waals surface area contributed by atoms with Gasteiger partial charge in [-0.05, 0) is 0 Å². The minimum Gasteiger partial charge on any atom is -0.284 e. The summed E-state index contributed by atoms with van der Waals surface area (Å²) in [6, 6.07) is 0.654. The van der Waals surface area contributed by atoms with Crippen LogP contribution in [0.15, 0.2) is 15.7 Å². The summed E-state index contributed by atoms with van der Waals surface area (Å²) in [5.74, 6) is -0.927. The monoisotopic (exact) mass is 129 g/mol. The van der Waals surface area contributed by atoms with Crippen LogP contribution in [-0.2, 0) is 0 Å². The van der Waals surface area contributed by atoms with Crippen molar-refractivity contribution in [3.63, 3.8) is 0 Å². The Morgan fingerprint density at radius 1 is 1.33 bits per heavy atom. The first-order chi connectivity index (χ1) is 4.18. The SMILES string of the molecule is O=c1cc([18F])[nH]c(=O)[nH]1. The van der Waals surface area contributed by atoms with Crippen molar-refractivity contribution >= 4 is 0 Å². The molecule has 1 aromatic heterocycles. The number of aromatic nitrogens is 2. The van der Waals surface area contributed by atoms with Gasteiger partial charge in [0.05, 0.1) is 6.07 Å². The Balaban J connectivity index is 3.52. The molecule has 0 atom stereocenters. The molecule has 2 N–H and O–H groups in total. The van der Waals surface area contributed by atoms with Crippen LogP contribution in [0.2, 0.25) is 0 Å². The van der Waals surface area contributed by atoms with Gasteiger partial charge in [-0.3, -0.25) is 14.8 Å². The van der Waals surface area contributed by atoms with Crippen molar-refractivity contribution in [1.82, 2.24) is 9.97 Å². The molecule has 0 saturated heterocycles. The summed E-state index contributed by atoms with van der Waals surface area (Å²) in [5, 5.41) is 0. The van der Waals surface area contributed by atoms with E-state index in [4.69, 9.17) is 0 Å². The average molecular weight is 129 g/mol. The zero-order valence-electron chi connectivity index (χ0n) is 4.27. The predicted octanol–water partition coefficient (Wildman–Crippen LogP) is -0.798. The number of H-pyrrole nitrogens is 2. The lowest BCUT2D eigenvalue weighted by atomic mass is 10.6. The van der Waals surface area contributed by atoms with Gasteiger partial charge in [-0.2, -0.15) is 4.39 Å². The van der Waals surface area contributed by atoms with Crippen molar-refractivity contribution in [3.05, 3.63) is 32.9 Å². The van der Waals surface area contributed by atoms with E-state index in [0.717, 1.165) is 0 Å². The third kappa shape index (κ3) is 1.25. The first-order valence-corrected chi connectivity index (χ1v) is 2.17. The Kier molecular flexibility index (Phi) is 1.18. The molecule has 48 valence electrons. The molecule has 0 bridgehead atoms. The maximum Gasteiger partial charge on any atom is 0.327 e. The largest absolute Gasteiger partial charge is 0.327 e. The van der Waals surface area contributed by atoms with Gasteiger partial charge in [0, 0.05) is 0 Å². The summed E-state index contributed by atoms with van der Waals surface area (Å²) in [6.07, 6.45) is 0. The summed E-state index contributed by atoms with van der Waals surface area (Å²) >= 11 is 0. The summed E-state index contributed by atoms with van der Waals surface area (Å²) in [6.45, 7) is 0. The van der Waals surface area contributed by atoms with E-state index in [-0.39, 0.29) is 0 Å². The van der Waals surface area contributed by atoms with Crippen molar-refractivity contribution in [2.24, 2.45) is 0 Å². The van der Waals surface area contributed by atoms with Gasteiger partial charge in [0.1, 0.15) is 0 Å². The van der Waals surface area contributed by atoms with Gasteiger partial charge in [-0.25, -0.2) is 4.79 Å². The van der Waals surface area contributed by atoms with Gasteiger partial charge in [-0.15, -0.1) is 0 Å². The summed E-state index contributed by atoms with van der Waals surface area (Å²) in [5.41, 5.74) is -1.57. The van der Waals surface area contributed by atoms with Crippen molar-refractivity contribution in [2.75, 3.05) is 0 Å². The van der Waals surface area contributed by atoms with Gasteiger partial charge >= 0.3 is 5.69 Å². The Morgan fingerprint density at radius 2 is 2.00 bits per heavy atom. The van der Waals surface area contributed by atoms with Crippen molar-refractivity contribution in [1.29, 1.82) is 0 Å². The Bertz CT molecular complexity index is 285. The molecule has 0 fully saturated rings. The summed E-state index contributed by atoms with van der Waals surface area (Å²) in [7, 11) is 0. The van der Waals surface area contributed by atoms with Crippen LogP contribution in [0.1, 0.15) is 0 Å². The third-order valence-electron chi connectivity index (χ3n) is 0.727. The molecule has 0 aliphatic carbocycles. The first kappa shape index (κ1) is 5.74. The molecular weight excluding hydrogens is 126 g/mol. The summed E-state index contributed by atoms with van der Waals surface area (Å²) < 4.78 is 12.0. The second-order valence-corrected chi connectivity index (χ2v) is 1.44. The normalized spacial score (nSPS) is 9.44. The Labute approximate surface area is 48.4 Å². The van der Waals surface area contributed by atoms with Gasteiger partial charge in [0.2, 0.25) is 5.95 Å². The highest BCUT2D eigenvalue weighted by molar-refractivity contribution is 4.81. The van der Waals surface area contributed by atoms with Gasteiger partial charge in [0.25, 0.3) is 5.56 Å². The second-order valence-electron chi connectivity index (χ2n) is 1.44. The summed E-state index contributed by atoms with van der Waals surface area (Å²) in [4.78, 5) is 23.9. The van der Waals surface area contributed by atoms with Crippen LogP contribution >= 0.6 is 0 Å². The minimum atomic E-state index is -0.927. The number of rotatable bonds is 0. The molecule has 0 spiro atoms. The molecule has 1 heterocycles. The van der Waals surface area contributed by atoms with Crippen LogP contribution in [0.25, 0.3) is 0 Å². The van der Waals surface area contributed by atoms with Crippen molar-refractivity contribution < 1.29 is 4.39 Å². The Hall–Kier alpha value is -1.39. The molecule has 0 aliphatic heterocycles. The number of hydrogen-bond donors (Lipinski definition) is 2. The van der Waals surface area contributed by atoms with E-state index in [9.17, 15) is 14.0 Å². The van der Waals surface area contributed by atoms with Gasteiger partial charge in [0.15, 0.2) is 0 Å². The molecule has 9 heavy (non-hydrogen) atoms. The van der Waals surface area contributed by atoms with Crippen LogP contribution in [-0.4, -0.2) is 9.97 Å². The Morgan fingerprint density at radius 3 is 2.44 bits per heavy atom. The zero-order chi connectivity index (χ0) is 6.85. The van der Waals surface area contributed by atoms with E-state index >= 15 is 0 Å². The van der Waals surface area contributed by atoms with Gasteiger partial charge in [-0.1, -0.05) is 0 Å². The highest BCUT2D eigenvalue weighted by Gasteiger charge is 1.90. The molecular formula is C4H3FN2O2. The van der Waals surface area contributed by atoms with Crippen LogP contribution in [0.4, 0.5) is 4.39 Å². The fraction of sp³-hybridized carbons (Fsp3) is 0. The van der Waals surface area contributed by atoms with Crippen molar-refractivity contribution in [2.45, 2.75) is 0 Å². The maximum absolute atomic E-state index is 12.0. The van der Waals surface area contributed by atoms with E-state index in [1.54, 1.807) is 9.97 Å². The average Bonchev–Trinajstić information content (AvgIpc) is 1.59. The van der Waals surface area contributed by atoms with Crippen LogP contribution < -0.4 is 11.2 Å². The number of nitrogens with one attached hydrogen (secondary N) is 2. The molecule has 5 heteroatoms. The minimum absolute atomic E-state index is 0.654. The molecule has 4 nitrogen and oxygen atoms in total. The first-order valence-electron chi connectivity index (χ1n) is 2.17. The van der Waals surface area contributed by atoms with E-state index in [1.165, 1.54) is 0 Å². The fourth-order valence-electron chi connectivity index (χ4n) is 0.439. The van der Waals surface area contributed by atoms with Crippen LogP contribution in [0.5, 0.6) is 0 Å². The lowest BCUT2D eigenvalue weighted by Gasteiger charge is -1.81. The lowest BCUT2D eigenvalue weighted by Crippen LogP contribution is -2.22. The van der Waals surface area contributed by atoms with E-state index in [2.05, 4.69) is 0 Å². The number of hydrogen-bond acceptors (Lipinski definition) is 2. The molecule has 1 rings (SSSR count). The topological polar surface area (TPSA) is 65.7 Å². The molecule has 0 amide bonds. The van der Waals surface area contributed by atoms with E-state index < -0.39 is 17.2 Å². The molecule has 0 unspecified atom stereocenters. The lowest BCUT2D eigenvalue weighted by molar-refractivity contribution is 0.570. The second kappa shape index (κ2) is 1.85.